The molecule has 0 heterocycles. The largest absolute Gasteiger partial charge is 0.478 e. The molecular formula is C10H19Cl2NO6. The Hall–Kier alpha value is -1.47. The van der Waals surface area contributed by atoms with Crippen LogP contribution in [0.25, 0.3) is 0 Å². The second kappa shape index (κ2) is 16.5. The third-order valence-corrected chi connectivity index (χ3v) is 1.12. The molecule has 0 fully saturated rings. The van der Waals surface area contributed by atoms with Crippen molar-refractivity contribution in [1.82, 2.24) is 5.32 Å². The monoisotopic (exact) mass is 319 g/mol. The molecule has 0 atom stereocenters. The van der Waals surface area contributed by atoms with Crippen molar-refractivity contribution in [2.45, 2.75) is 13.8 Å². The molecule has 0 saturated heterocycles. The minimum atomic E-state index is -1.26. The number of nitrogens with one attached hydrogen (secondary N) is 1. The highest BCUT2D eigenvalue weighted by Crippen LogP contribution is 1.91. The smallest absolute Gasteiger partial charge is 0.406 e. The zero-order chi connectivity index (χ0) is 13.8. The molecule has 0 aliphatic carbocycles. The van der Waals surface area contributed by atoms with Crippen molar-refractivity contribution in [3.05, 3.63) is 12.2 Å². The van der Waals surface area contributed by atoms with Gasteiger partial charge in [0, 0.05) is 19.2 Å². The second-order valence-electron chi connectivity index (χ2n) is 3.25. The molecule has 0 aromatic rings. The van der Waals surface area contributed by atoms with Crippen LogP contribution in [-0.4, -0.2) is 41.9 Å². The topological polar surface area (TPSA) is 113 Å². The van der Waals surface area contributed by atoms with Gasteiger partial charge in [0.2, 0.25) is 0 Å². The maximum Gasteiger partial charge on any atom is 0.406 e. The fourth-order valence-electron chi connectivity index (χ4n) is 0.457. The summed E-state index contributed by atoms with van der Waals surface area (Å²) in [5.74, 6) is -2.11. The molecule has 0 aliphatic rings. The van der Waals surface area contributed by atoms with Crippen LogP contribution in [0, 0.1) is 5.92 Å². The van der Waals surface area contributed by atoms with E-state index in [2.05, 4.69) is 5.32 Å². The molecule has 0 rings (SSSR count). The first kappa shape index (κ1) is 26.2. The maximum atomic E-state index is 10.4. The number of ether oxygens (including phenoxy) is 1. The summed E-state index contributed by atoms with van der Waals surface area (Å²) < 4.78 is 4.70. The summed E-state index contributed by atoms with van der Waals surface area (Å²) in [5.41, 5.74) is 0. The van der Waals surface area contributed by atoms with Crippen LogP contribution in [0.15, 0.2) is 12.2 Å². The number of carbonyl (C=O) groups is 3. The van der Waals surface area contributed by atoms with E-state index in [-0.39, 0.29) is 30.9 Å². The van der Waals surface area contributed by atoms with Crippen molar-refractivity contribution in [1.29, 1.82) is 0 Å². The van der Waals surface area contributed by atoms with E-state index in [9.17, 15) is 14.4 Å². The van der Waals surface area contributed by atoms with Crippen LogP contribution in [-0.2, 0) is 14.3 Å². The first-order valence-corrected chi connectivity index (χ1v) is 4.78. The van der Waals surface area contributed by atoms with Gasteiger partial charge in [-0.25, -0.2) is 14.4 Å². The van der Waals surface area contributed by atoms with Crippen LogP contribution in [0.1, 0.15) is 13.8 Å². The number of hydrogen-bond acceptors (Lipinski definition) is 4. The Morgan fingerprint density at radius 2 is 1.47 bits per heavy atom. The number of carboxylic acids is 2. The number of amides is 1. The number of carboxylic acid groups (broad SMARTS) is 2. The van der Waals surface area contributed by atoms with E-state index in [1.54, 1.807) is 7.05 Å². The highest BCUT2D eigenvalue weighted by atomic mass is 35.5. The number of hydrogen-bond donors (Lipinski definition) is 3. The van der Waals surface area contributed by atoms with Gasteiger partial charge in [-0.3, -0.25) is 0 Å². The fourth-order valence-corrected chi connectivity index (χ4v) is 0.457. The minimum Gasteiger partial charge on any atom is -0.478 e. The van der Waals surface area contributed by atoms with Crippen LogP contribution in [0.2, 0.25) is 0 Å². The number of carbonyl (C=O) groups excluding carboxylic acids is 1. The molecule has 3 N–H and O–H groups in total. The Labute approximate surface area is 123 Å². The first-order valence-electron chi connectivity index (χ1n) is 4.78. The summed E-state index contributed by atoms with van der Waals surface area (Å²) in [6, 6.07) is 0. The van der Waals surface area contributed by atoms with Gasteiger partial charge in [0.1, 0.15) is 0 Å². The Balaban J connectivity index is -0.000000108. The predicted molar refractivity (Wildman–Crippen MR) is 74.2 cm³/mol. The summed E-state index contributed by atoms with van der Waals surface area (Å²) in [4.78, 5) is 29.5. The molecule has 114 valence electrons. The molecule has 7 nitrogen and oxygen atoms in total. The van der Waals surface area contributed by atoms with Gasteiger partial charge in [-0.05, 0) is 5.92 Å². The van der Waals surface area contributed by atoms with Crippen molar-refractivity contribution in [3.8, 4) is 0 Å². The Kier molecular flexibility index (Phi) is 22.8. The van der Waals surface area contributed by atoms with Crippen LogP contribution in [0.5, 0.6) is 0 Å². The average molecular weight is 320 g/mol. The molecule has 0 spiro atoms. The number of rotatable bonds is 4. The normalized spacial score (nSPS) is 8.42. The van der Waals surface area contributed by atoms with Gasteiger partial charge < -0.3 is 20.3 Å². The molecular weight excluding hydrogens is 301 g/mol. The summed E-state index contributed by atoms with van der Waals surface area (Å²) in [6.45, 7) is 4.46. The summed E-state index contributed by atoms with van der Waals surface area (Å²) in [7, 11) is 1.54. The summed E-state index contributed by atoms with van der Waals surface area (Å²) >= 11 is 0. The van der Waals surface area contributed by atoms with Crippen molar-refractivity contribution in [3.63, 3.8) is 0 Å². The highest BCUT2D eigenvalue weighted by Gasteiger charge is 1.98. The lowest BCUT2D eigenvalue weighted by Crippen LogP contribution is -2.21. The van der Waals surface area contributed by atoms with Gasteiger partial charge in [-0.1, -0.05) is 13.8 Å². The predicted octanol–water partition coefficient (Wildman–Crippen LogP) is 1.55. The molecule has 0 saturated carbocycles. The Morgan fingerprint density at radius 3 is 1.68 bits per heavy atom. The molecule has 0 radical (unpaired) electrons. The maximum absolute atomic E-state index is 10.4. The van der Waals surface area contributed by atoms with Crippen molar-refractivity contribution < 1.29 is 29.3 Å². The van der Waals surface area contributed by atoms with Crippen molar-refractivity contribution >= 4 is 42.8 Å². The van der Waals surface area contributed by atoms with Gasteiger partial charge in [0.15, 0.2) is 0 Å². The molecule has 0 bridgehead atoms. The van der Waals surface area contributed by atoms with Gasteiger partial charge >= 0.3 is 18.0 Å². The van der Waals surface area contributed by atoms with E-state index < -0.39 is 11.9 Å². The average Bonchev–Trinajstić information content (AvgIpc) is 2.23. The van der Waals surface area contributed by atoms with E-state index in [1.807, 2.05) is 13.8 Å². The van der Waals surface area contributed by atoms with Crippen molar-refractivity contribution in [2.24, 2.45) is 5.92 Å². The van der Waals surface area contributed by atoms with E-state index in [0.717, 1.165) is 0 Å². The minimum absolute atomic E-state index is 0. The number of alkyl carbamates (subject to hydrolysis) is 1. The molecule has 0 unspecified atom stereocenters. The third kappa shape index (κ3) is 31.5. The molecule has 19 heavy (non-hydrogen) atoms. The fraction of sp³-hybridized carbons (Fsp3) is 0.500. The second-order valence-corrected chi connectivity index (χ2v) is 3.25. The van der Waals surface area contributed by atoms with Gasteiger partial charge in [0.05, 0.1) is 6.61 Å². The quantitative estimate of drug-likeness (QED) is 0.677. The third-order valence-electron chi connectivity index (χ3n) is 1.12. The van der Waals surface area contributed by atoms with E-state index in [0.29, 0.717) is 24.7 Å². The zero-order valence-corrected chi connectivity index (χ0v) is 12.4. The molecule has 0 aromatic carbocycles. The number of aliphatic carboxylic acids is 2. The highest BCUT2D eigenvalue weighted by molar-refractivity contribution is 5.89. The van der Waals surface area contributed by atoms with Gasteiger partial charge in [-0.15, -0.1) is 24.8 Å². The van der Waals surface area contributed by atoms with Crippen LogP contribution in [0.3, 0.4) is 0 Å². The lowest BCUT2D eigenvalue weighted by Gasteiger charge is -2.04. The Morgan fingerprint density at radius 1 is 1.11 bits per heavy atom. The van der Waals surface area contributed by atoms with Crippen LogP contribution < -0.4 is 5.32 Å². The van der Waals surface area contributed by atoms with Gasteiger partial charge in [0.25, 0.3) is 0 Å². The van der Waals surface area contributed by atoms with E-state index >= 15 is 0 Å². The molecule has 1 amide bonds. The van der Waals surface area contributed by atoms with Crippen molar-refractivity contribution in [2.75, 3.05) is 13.7 Å². The first-order chi connectivity index (χ1) is 7.79. The SMILES string of the molecule is CNC(=O)OCC(C)C.Cl.Cl.O=C(O)/C=C/C(=O)O. The van der Waals surface area contributed by atoms with Crippen LogP contribution in [0.4, 0.5) is 4.79 Å². The molecule has 0 aromatic heterocycles. The Bertz CT molecular complexity index is 278. The van der Waals surface area contributed by atoms with E-state index in [1.165, 1.54) is 0 Å². The number of halogens is 2. The van der Waals surface area contributed by atoms with Crippen LogP contribution >= 0.6 is 24.8 Å². The molecule has 9 heteroatoms. The van der Waals surface area contributed by atoms with Gasteiger partial charge in [-0.2, -0.15) is 0 Å². The zero-order valence-electron chi connectivity index (χ0n) is 10.8. The standard InChI is InChI=1S/C6H13NO2.C4H4O4.2ClH/c1-5(2)4-9-6(8)7-3;5-3(6)1-2-4(7)8;;/h5H,4H2,1-3H3,(H,7,8);1-2H,(H,5,6)(H,7,8);2*1H/b;2-1+;;. The molecule has 0 aliphatic heterocycles. The van der Waals surface area contributed by atoms with E-state index in [4.69, 9.17) is 14.9 Å². The summed E-state index contributed by atoms with van der Waals surface area (Å²) in [6.07, 6.45) is 0.758. The summed E-state index contributed by atoms with van der Waals surface area (Å²) in [5, 5.41) is 18.0. The lowest BCUT2D eigenvalue weighted by atomic mass is 10.2. The lowest BCUT2D eigenvalue weighted by molar-refractivity contribution is -0.134.